The zero-order valence-corrected chi connectivity index (χ0v) is 9.30. The van der Waals surface area contributed by atoms with Crippen LogP contribution in [-0.2, 0) is 6.54 Å². The SMILES string of the molecule is N#CC1=C(C#N)N(Cc2ccccc2)C=CC1. The Balaban J connectivity index is 2.25. The second-order valence-electron chi connectivity index (χ2n) is 3.75. The van der Waals surface area contributed by atoms with Crippen LogP contribution in [0.2, 0.25) is 0 Å². The van der Waals surface area contributed by atoms with E-state index < -0.39 is 0 Å². The summed E-state index contributed by atoms with van der Waals surface area (Å²) < 4.78 is 0. The normalized spacial score (nSPS) is 14.4. The second-order valence-corrected chi connectivity index (χ2v) is 3.75. The molecule has 0 aromatic heterocycles. The van der Waals surface area contributed by atoms with E-state index in [2.05, 4.69) is 12.1 Å². The van der Waals surface area contributed by atoms with Gasteiger partial charge in [-0.1, -0.05) is 36.4 Å². The van der Waals surface area contributed by atoms with Gasteiger partial charge < -0.3 is 4.90 Å². The molecule has 0 radical (unpaired) electrons. The summed E-state index contributed by atoms with van der Waals surface area (Å²) in [6.07, 6.45) is 4.32. The molecule has 0 aliphatic carbocycles. The van der Waals surface area contributed by atoms with Gasteiger partial charge >= 0.3 is 0 Å². The van der Waals surface area contributed by atoms with E-state index in [1.165, 1.54) is 0 Å². The van der Waals surface area contributed by atoms with Crippen LogP contribution in [0, 0.1) is 22.7 Å². The van der Waals surface area contributed by atoms with Crippen LogP contribution in [0.5, 0.6) is 0 Å². The van der Waals surface area contributed by atoms with E-state index in [1.807, 2.05) is 47.5 Å². The average molecular weight is 221 g/mol. The van der Waals surface area contributed by atoms with Gasteiger partial charge in [-0.15, -0.1) is 0 Å². The van der Waals surface area contributed by atoms with Crippen molar-refractivity contribution < 1.29 is 0 Å². The Morgan fingerprint density at radius 3 is 2.53 bits per heavy atom. The van der Waals surface area contributed by atoms with Crippen molar-refractivity contribution in [1.29, 1.82) is 10.5 Å². The summed E-state index contributed by atoms with van der Waals surface area (Å²) in [6.45, 7) is 0.616. The molecular formula is C14H11N3. The summed E-state index contributed by atoms with van der Waals surface area (Å²) in [4.78, 5) is 1.82. The van der Waals surface area contributed by atoms with Crippen molar-refractivity contribution in [1.82, 2.24) is 4.90 Å². The molecule has 0 amide bonds. The molecule has 17 heavy (non-hydrogen) atoms. The minimum atomic E-state index is 0.457. The van der Waals surface area contributed by atoms with E-state index in [0.29, 0.717) is 24.2 Å². The molecule has 1 heterocycles. The molecule has 0 N–H and O–H groups in total. The first-order valence-corrected chi connectivity index (χ1v) is 5.35. The van der Waals surface area contributed by atoms with E-state index in [4.69, 9.17) is 10.5 Å². The average Bonchev–Trinajstić information content (AvgIpc) is 2.39. The van der Waals surface area contributed by atoms with Gasteiger partial charge in [0, 0.05) is 19.2 Å². The van der Waals surface area contributed by atoms with Gasteiger partial charge in [0.1, 0.15) is 11.8 Å². The highest BCUT2D eigenvalue weighted by Gasteiger charge is 2.16. The lowest BCUT2D eigenvalue weighted by atomic mass is 10.1. The van der Waals surface area contributed by atoms with Crippen LogP contribution in [0.3, 0.4) is 0 Å². The quantitative estimate of drug-likeness (QED) is 0.771. The summed E-state index contributed by atoms with van der Waals surface area (Å²) >= 11 is 0. The number of nitriles is 2. The minimum absolute atomic E-state index is 0.457. The van der Waals surface area contributed by atoms with Gasteiger partial charge in [0.15, 0.2) is 0 Å². The predicted molar refractivity (Wildman–Crippen MR) is 64.0 cm³/mol. The predicted octanol–water partition coefficient (Wildman–Crippen LogP) is 2.71. The minimum Gasteiger partial charge on any atom is -0.335 e. The monoisotopic (exact) mass is 221 g/mol. The molecule has 82 valence electrons. The fourth-order valence-electron chi connectivity index (χ4n) is 1.78. The maximum atomic E-state index is 9.11. The lowest BCUT2D eigenvalue weighted by Gasteiger charge is -2.23. The fourth-order valence-corrected chi connectivity index (χ4v) is 1.78. The van der Waals surface area contributed by atoms with Crippen molar-refractivity contribution in [2.75, 3.05) is 0 Å². The largest absolute Gasteiger partial charge is 0.335 e. The highest BCUT2D eigenvalue weighted by Crippen LogP contribution is 2.21. The Labute approximate surface area is 101 Å². The van der Waals surface area contributed by atoms with Gasteiger partial charge in [0.05, 0.1) is 11.6 Å². The Morgan fingerprint density at radius 2 is 1.88 bits per heavy atom. The number of allylic oxidation sites excluding steroid dienone is 3. The Kier molecular flexibility index (Phi) is 3.23. The Morgan fingerprint density at radius 1 is 1.12 bits per heavy atom. The molecule has 0 spiro atoms. The van der Waals surface area contributed by atoms with Crippen molar-refractivity contribution in [2.45, 2.75) is 13.0 Å². The number of hydrogen-bond donors (Lipinski definition) is 0. The summed E-state index contributed by atoms with van der Waals surface area (Å²) in [7, 11) is 0. The maximum absolute atomic E-state index is 9.11. The van der Waals surface area contributed by atoms with Gasteiger partial charge in [-0.25, -0.2) is 0 Å². The van der Waals surface area contributed by atoms with Crippen LogP contribution in [0.1, 0.15) is 12.0 Å². The molecule has 1 aromatic rings. The standard InChI is InChI=1S/C14H11N3/c15-9-13-7-4-8-17(14(13)10-16)11-12-5-2-1-3-6-12/h1-6,8H,7,11H2. The molecule has 1 aromatic carbocycles. The fraction of sp³-hybridized carbons (Fsp3) is 0.143. The van der Waals surface area contributed by atoms with Crippen LogP contribution in [-0.4, -0.2) is 4.90 Å². The first-order valence-electron chi connectivity index (χ1n) is 5.35. The molecule has 1 aliphatic heterocycles. The van der Waals surface area contributed by atoms with E-state index in [1.54, 1.807) is 0 Å². The summed E-state index contributed by atoms with van der Waals surface area (Å²) in [5.41, 5.74) is 2.11. The van der Waals surface area contributed by atoms with Gasteiger partial charge in [0.25, 0.3) is 0 Å². The van der Waals surface area contributed by atoms with Crippen LogP contribution < -0.4 is 0 Å². The van der Waals surface area contributed by atoms with Crippen molar-refractivity contribution in [2.24, 2.45) is 0 Å². The summed E-state index contributed by atoms with van der Waals surface area (Å²) in [6, 6.07) is 14.1. The molecule has 0 fully saturated rings. The van der Waals surface area contributed by atoms with Crippen molar-refractivity contribution in [3.63, 3.8) is 0 Å². The third-order valence-corrected chi connectivity index (χ3v) is 2.62. The smallest absolute Gasteiger partial charge is 0.134 e. The Hall–Kier alpha value is -2.52. The van der Waals surface area contributed by atoms with Crippen molar-refractivity contribution >= 4 is 0 Å². The molecule has 0 unspecified atom stereocenters. The molecule has 3 heteroatoms. The van der Waals surface area contributed by atoms with Crippen molar-refractivity contribution in [3.05, 3.63) is 59.4 Å². The molecule has 0 bridgehead atoms. The Bertz CT molecular complexity index is 541. The highest BCUT2D eigenvalue weighted by atomic mass is 15.1. The van der Waals surface area contributed by atoms with Gasteiger partial charge in [-0.3, -0.25) is 0 Å². The number of nitrogens with zero attached hydrogens (tertiary/aromatic N) is 3. The van der Waals surface area contributed by atoms with Crippen molar-refractivity contribution in [3.8, 4) is 12.1 Å². The molecular weight excluding hydrogens is 210 g/mol. The molecule has 0 atom stereocenters. The van der Waals surface area contributed by atoms with Crippen LogP contribution in [0.15, 0.2) is 53.9 Å². The number of hydrogen-bond acceptors (Lipinski definition) is 3. The van der Waals surface area contributed by atoms with E-state index in [9.17, 15) is 0 Å². The molecule has 0 saturated carbocycles. The molecule has 3 nitrogen and oxygen atoms in total. The van der Waals surface area contributed by atoms with E-state index in [0.717, 1.165) is 5.56 Å². The number of rotatable bonds is 2. The van der Waals surface area contributed by atoms with E-state index >= 15 is 0 Å². The summed E-state index contributed by atoms with van der Waals surface area (Å²) in [5, 5.41) is 18.1. The maximum Gasteiger partial charge on any atom is 0.134 e. The zero-order chi connectivity index (χ0) is 12.1. The zero-order valence-electron chi connectivity index (χ0n) is 9.30. The number of benzene rings is 1. The first kappa shape index (κ1) is 11.0. The van der Waals surface area contributed by atoms with Crippen LogP contribution in [0.4, 0.5) is 0 Å². The first-order chi connectivity index (χ1) is 8.35. The highest BCUT2D eigenvalue weighted by molar-refractivity contribution is 5.40. The molecule has 1 aliphatic rings. The summed E-state index contributed by atoms with van der Waals surface area (Å²) in [5.74, 6) is 0. The van der Waals surface area contributed by atoms with Crippen LogP contribution in [0.25, 0.3) is 0 Å². The van der Waals surface area contributed by atoms with E-state index in [-0.39, 0.29) is 0 Å². The third kappa shape index (κ3) is 2.35. The third-order valence-electron chi connectivity index (χ3n) is 2.62. The second kappa shape index (κ2) is 5.01. The van der Waals surface area contributed by atoms with Crippen LogP contribution >= 0.6 is 0 Å². The lowest BCUT2D eigenvalue weighted by molar-refractivity contribution is 0.463. The molecule has 2 rings (SSSR count). The topological polar surface area (TPSA) is 50.8 Å². The molecule has 0 saturated heterocycles. The van der Waals surface area contributed by atoms with Gasteiger partial charge in [-0.2, -0.15) is 10.5 Å². The van der Waals surface area contributed by atoms with Gasteiger partial charge in [-0.05, 0) is 5.56 Å². The lowest BCUT2D eigenvalue weighted by Crippen LogP contribution is -2.19. The van der Waals surface area contributed by atoms with Gasteiger partial charge in [0.2, 0.25) is 0 Å².